The zero-order chi connectivity index (χ0) is 34.5. The lowest BCUT2D eigenvalue weighted by molar-refractivity contribution is 0.105. The number of piperidine rings is 2. The maximum absolute atomic E-state index is 13.6. The first-order valence-corrected chi connectivity index (χ1v) is 18.9. The van der Waals surface area contributed by atoms with Crippen LogP contribution in [0.4, 0.5) is 28.8 Å². The molecule has 0 radical (unpaired) electrons. The van der Waals surface area contributed by atoms with Gasteiger partial charge in [-0.05, 0) is 99.6 Å². The highest BCUT2D eigenvalue weighted by Crippen LogP contribution is 2.36. The van der Waals surface area contributed by atoms with Gasteiger partial charge in [0.15, 0.2) is 0 Å². The van der Waals surface area contributed by atoms with Crippen LogP contribution >= 0.6 is 0 Å². The summed E-state index contributed by atoms with van der Waals surface area (Å²) in [5, 5.41) is 16.7. The van der Waals surface area contributed by atoms with E-state index in [1.54, 1.807) is 61.7 Å². The summed E-state index contributed by atoms with van der Waals surface area (Å²) in [6.07, 6.45) is 5.57. The number of rotatable bonds is 11. The fourth-order valence-electron chi connectivity index (χ4n) is 7.27. The molecule has 3 N–H and O–H groups in total. The first-order valence-electron chi connectivity index (χ1n) is 17.4. The van der Waals surface area contributed by atoms with E-state index >= 15 is 0 Å². The number of hydrogen-bond donors (Lipinski definition) is 3. The second-order valence-corrected chi connectivity index (χ2v) is 15.0. The predicted octanol–water partition coefficient (Wildman–Crippen LogP) is 7.02. The molecule has 0 bridgehead atoms. The number of nitrogens with one attached hydrogen (secondary N) is 2. The van der Waals surface area contributed by atoms with Crippen LogP contribution in [0.2, 0.25) is 0 Å². The van der Waals surface area contributed by atoms with Gasteiger partial charge in [-0.3, -0.25) is 0 Å². The number of sulfone groups is 1. The van der Waals surface area contributed by atoms with E-state index in [1.807, 2.05) is 30.3 Å². The van der Waals surface area contributed by atoms with E-state index in [0.29, 0.717) is 47.3 Å². The average Bonchev–Trinajstić information content (AvgIpc) is 3.16. The average molecular weight is 693 g/mol. The van der Waals surface area contributed by atoms with Crippen LogP contribution in [0.25, 0.3) is 10.9 Å². The highest BCUT2D eigenvalue weighted by atomic mass is 32.2. The van der Waals surface area contributed by atoms with Crippen LogP contribution in [0, 0.1) is 5.92 Å². The van der Waals surface area contributed by atoms with Gasteiger partial charge in [-0.15, -0.1) is 0 Å². The summed E-state index contributed by atoms with van der Waals surface area (Å²) in [4.78, 5) is 15.1. The third-order valence-corrected chi connectivity index (χ3v) is 11.9. The Bertz CT molecular complexity index is 2030. The van der Waals surface area contributed by atoms with Crippen molar-refractivity contribution in [1.82, 2.24) is 14.9 Å². The molecule has 0 amide bonds. The smallest absolute Gasteiger partial charge is 0.229 e. The monoisotopic (exact) mass is 692 g/mol. The molecule has 2 aliphatic rings. The Kier molecular flexibility index (Phi) is 10.2. The largest absolute Gasteiger partial charge is 0.494 e. The summed E-state index contributed by atoms with van der Waals surface area (Å²) in [6.45, 7) is 4.55. The van der Waals surface area contributed by atoms with Crippen LogP contribution < -0.4 is 20.3 Å². The minimum atomic E-state index is -3.79. The molecule has 11 heteroatoms. The van der Waals surface area contributed by atoms with Crippen LogP contribution in [0.1, 0.15) is 32.1 Å². The predicted molar refractivity (Wildman–Crippen MR) is 199 cm³/mol. The van der Waals surface area contributed by atoms with Crippen molar-refractivity contribution in [2.75, 3.05) is 55.4 Å². The second-order valence-electron chi connectivity index (χ2n) is 13.1. The number of para-hydroxylation sites is 2. The fraction of sp³-hybridized carbons (Fsp3) is 0.333. The Morgan fingerprint density at radius 2 is 1.52 bits per heavy atom. The van der Waals surface area contributed by atoms with Gasteiger partial charge in [-0.2, -0.15) is 4.98 Å². The molecule has 2 saturated heterocycles. The standard InChI is InChI=1S/C39H44N6O4S/c1-49-36-27-30(45-24-19-29(20-25-45)44-22-17-28(18-23-44)21-26-46)15-16-34(36)42-39-41-33-12-6-5-11-32(33)38(43-39)40-35-13-7-8-14-37(35)50(47,48)31-9-3-2-4-10-31/h2-16,27-29,46H,17-26H2,1H3,(H2,40,41,42,43). The third kappa shape index (κ3) is 7.26. The lowest BCUT2D eigenvalue weighted by Gasteiger charge is -2.42. The lowest BCUT2D eigenvalue weighted by Crippen LogP contribution is -2.47. The van der Waals surface area contributed by atoms with Crippen molar-refractivity contribution >= 4 is 49.6 Å². The molecule has 0 spiro atoms. The molecule has 0 atom stereocenters. The van der Waals surface area contributed by atoms with E-state index < -0.39 is 9.84 Å². The zero-order valence-electron chi connectivity index (χ0n) is 28.3. The lowest BCUT2D eigenvalue weighted by atomic mass is 9.91. The number of fused-ring (bicyclic) bond motifs is 1. The SMILES string of the molecule is COc1cc(N2CCC(N3CCC(CCO)CC3)CC2)ccc1Nc1nc(Nc2ccccc2S(=O)(=O)c2ccccc2)c2ccccc2n1. The van der Waals surface area contributed by atoms with Crippen LogP contribution in [-0.4, -0.2) is 74.3 Å². The van der Waals surface area contributed by atoms with Crippen molar-refractivity contribution in [3.8, 4) is 5.75 Å². The number of aliphatic hydroxyl groups excluding tert-OH is 1. The van der Waals surface area contributed by atoms with Crippen LogP contribution in [0.15, 0.2) is 107 Å². The molecule has 1 aromatic heterocycles. The molecule has 7 rings (SSSR count). The van der Waals surface area contributed by atoms with Gasteiger partial charge in [-0.1, -0.05) is 42.5 Å². The molecule has 3 heterocycles. The van der Waals surface area contributed by atoms with Crippen molar-refractivity contribution in [2.24, 2.45) is 5.92 Å². The molecule has 10 nitrogen and oxygen atoms in total. The number of hydrogen-bond acceptors (Lipinski definition) is 10. The van der Waals surface area contributed by atoms with Gasteiger partial charge < -0.3 is 30.3 Å². The fourth-order valence-corrected chi connectivity index (χ4v) is 8.70. The number of aromatic nitrogens is 2. The van der Waals surface area contributed by atoms with Gasteiger partial charge in [0.1, 0.15) is 11.6 Å². The Morgan fingerprint density at radius 1 is 0.800 bits per heavy atom. The number of ether oxygens (including phenoxy) is 1. The maximum atomic E-state index is 13.6. The van der Waals surface area contributed by atoms with E-state index in [2.05, 4.69) is 32.6 Å². The molecular formula is C39H44N6O4S. The third-order valence-electron chi connectivity index (χ3n) is 10.1. The van der Waals surface area contributed by atoms with E-state index in [9.17, 15) is 13.5 Å². The summed E-state index contributed by atoms with van der Waals surface area (Å²) in [5.74, 6) is 2.18. The van der Waals surface area contributed by atoms with Gasteiger partial charge in [-0.25, -0.2) is 13.4 Å². The number of benzene rings is 4. The number of nitrogens with zero attached hydrogens (tertiary/aromatic N) is 4. The highest BCUT2D eigenvalue weighted by Gasteiger charge is 2.28. The van der Waals surface area contributed by atoms with Crippen molar-refractivity contribution in [1.29, 1.82) is 0 Å². The van der Waals surface area contributed by atoms with E-state index in [0.717, 1.165) is 62.2 Å². The summed E-state index contributed by atoms with van der Waals surface area (Å²) in [7, 11) is -2.13. The molecule has 2 fully saturated rings. The summed E-state index contributed by atoms with van der Waals surface area (Å²) in [6, 6.07) is 29.7. The van der Waals surface area contributed by atoms with Gasteiger partial charge >= 0.3 is 0 Å². The number of likely N-dealkylation sites (tertiary alicyclic amines) is 1. The minimum Gasteiger partial charge on any atom is -0.494 e. The van der Waals surface area contributed by atoms with E-state index in [-0.39, 0.29) is 9.79 Å². The summed E-state index contributed by atoms with van der Waals surface area (Å²) in [5.41, 5.74) is 2.96. The molecule has 0 aliphatic carbocycles. The van der Waals surface area contributed by atoms with Crippen LogP contribution in [0.5, 0.6) is 5.75 Å². The molecular weight excluding hydrogens is 649 g/mol. The molecule has 4 aromatic carbocycles. The van der Waals surface area contributed by atoms with Crippen molar-refractivity contribution < 1.29 is 18.3 Å². The molecule has 260 valence electrons. The topological polar surface area (TPSA) is 120 Å². The zero-order valence-corrected chi connectivity index (χ0v) is 29.1. The Balaban J connectivity index is 1.09. The molecule has 2 aliphatic heterocycles. The van der Waals surface area contributed by atoms with E-state index in [1.165, 1.54) is 12.8 Å². The van der Waals surface area contributed by atoms with Gasteiger partial charge in [0.25, 0.3) is 0 Å². The normalized spacial score (nSPS) is 16.4. The van der Waals surface area contributed by atoms with Gasteiger partial charge in [0.2, 0.25) is 15.8 Å². The van der Waals surface area contributed by atoms with Gasteiger partial charge in [0.05, 0.1) is 33.8 Å². The quantitative estimate of drug-likeness (QED) is 0.133. The van der Waals surface area contributed by atoms with E-state index in [4.69, 9.17) is 14.7 Å². The van der Waals surface area contributed by atoms with Crippen LogP contribution in [-0.2, 0) is 9.84 Å². The Morgan fingerprint density at radius 3 is 2.28 bits per heavy atom. The van der Waals surface area contributed by atoms with Crippen molar-refractivity contribution in [3.05, 3.63) is 97.1 Å². The maximum Gasteiger partial charge on any atom is 0.229 e. The van der Waals surface area contributed by atoms with Crippen molar-refractivity contribution in [2.45, 2.75) is 47.9 Å². The molecule has 50 heavy (non-hydrogen) atoms. The first kappa shape index (κ1) is 33.8. The number of methoxy groups -OCH3 is 1. The number of aliphatic hydroxyl groups is 1. The molecule has 0 saturated carbocycles. The summed E-state index contributed by atoms with van der Waals surface area (Å²) >= 11 is 0. The van der Waals surface area contributed by atoms with Crippen molar-refractivity contribution in [3.63, 3.8) is 0 Å². The minimum absolute atomic E-state index is 0.160. The first-order chi connectivity index (χ1) is 24.4. The highest BCUT2D eigenvalue weighted by molar-refractivity contribution is 7.91. The molecule has 5 aromatic rings. The Labute approximate surface area is 294 Å². The van der Waals surface area contributed by atoms with Gasteiger partial charge in [0, 0.05) is 42.9 Å². The second kappa shape index (κ2) is 15.0. The number of anilines is 5. The summed E-state index contributed by atoms with van der Waals surface area (Å²) < 4.78 is 33.1. The molecule has 0 unspecified atom stereocenters. The van der Waals surface area contributed by atoms with Crippen LogP contribution in [0.3, 0.4) is 0 Å². The Hall–Kier alpha value is -4.71.